The molecule has 3 amide bonds. The number of nitrogens with zero attached hydrogens (tertiary/aromatic N) is 2. The van der Waals surface area contributed by atoms with Crippen molar-refractivity contribution in [2.45, 2.75) is 69.1 Å². The number of carboxylic acids is 1. The number of nitrogens with one attached hydrogen (secondary N) is 3. The van der Waals surface area contributed by atoms with Crippen LogP contribution in [0.3, 0.4) is 0 Å². The van der Waals surface area contributed by atoms with Crippen LogP contribution in [0.5, 0.6) is 0 Å². The molecule has 0 fully saturated rings. The maximum absolute atomic E-state index is 13.1. The lowest BCUT2D eigenvalue weighted by molar-refractivity contribution is -0.142. The summed E-state index contributed by atoms with van der Waals surface area (Å²) in [4.78, 5) is 57.6. The number of carbonyl (C=O) groups is 4. The summed E-state index contributed by atoms with van der Waals surface area (Å²) < 4.78 is 0. The molecule has 0 aliphatic heterocycles. The molecule has 218 valence electrons. The average Bonchev–Trinajstić information content (AvgIpc) is 2.85. The first-order valence-electron chi connectivity index (χ1n) is 12.2. The zero-order valence-corrected chi connectivity index (χ0v) is 21.5. The molecule has 4 unspecified atom stereocenters. The van der Waals surface area contributed by atoms with E-state index < -0.39 is 54.5 Å². The Morgan fingerprint density at radius 2 is 1.11 bits per heavy atom. The van der Waals surface area contributed by atoms with Gasteiger partial charge in [-0.05, 0) is 51.5 Å². The molecule has 17 N–H and O–H groups in total. The van der Waals surface area contributed by atoms with Crippen molar-refractivity contribution in [1.29, 1.82) is 0 Å². The van der Waals surface area contributed by atoms with E-state index >= 15 is 0 Å². The summed E-state index contributed by atoms with van der Waals surface area (Å²) in [7, 11) is 0. The summed E-state index contributed by atoms with van der Waals surface area (Å²) in [6.07, 6.45) is 1.90. The number of aliphatic carboxylic acids is 1. The number of carboxylic acid groups (broad SMARTS) is 1. The zero-order valence-electron chi connectivity index (χ0n) is 21.5. The third-order valence-electron chi connectivity index (χ3n) is 5.25. The van der Waals surface area contributed by atoms with Crippen LogP contribution < -0.4 is 50.4 Å². The number of aliphatic imine (C=N–C) groups is 2. The molecule has 0 saturated heterocycles. The molecule has 0 aromatic heterocycles. The molecule has 0 spiro atoms. The lowest BCUT2D eigenvalue weighted by atomic mass is 10.1. The van der Waals surface area contributed by atoms with Crippen molar-refractivity contribution in [3.8, 4) is 0 Å². The fraction of sp³-hybridized carbons (Fsp3) is 0.714. The number of amides is 3. The highest BCUT2D eigenvalue weighted by Gasteiger charge is 2.29. The molecule has 0 aliphatic rings. The highest BCUT2D eigenvalue weighted by atomic mass is 16.4. The van der Waals surface area contributed by atoms with Crippen molar-refractivity contribution in [3.05, 3.63) is 0 Å². The Bertz CT molecular complexity index is 815. The first-order valence-corrected chi connectivity index (χ1v) is 12.2. The van der Waals surface area contributed by atoms with Gasteiger partial charge in [0.1, 0.15) is 24.2 Å². The van der Waals surface area contributed by atoms with Gasteiger partial charge in [-0.2, -0.15) is 0 Å². The molecule has 0 aromatic rings. The molecule has 0 saturated carbocycles. The van der Waals surface area contributed by atoms with Crippen molar-refractivity contribution in [3.63, 3.8) is 0 Å². The van der Waals surface area contributed by atoms with Gasteiger partial charge in [0.2, 0.25) is 17.7 Å². The van der Waals surface area contributed by atoms with Gasteiger partial charge in [-0.3, -0.25) is 24.4 Å². The minimum atomic E-state index is -1.27. The Hall–Kier alpha value is -3.70. The molecule has 0 heterocycles. The highest BCUT2D eigenvalue weighted by molar-refractivity contribution is 5.94. The van der Waals surface area contributed by atoms with Crippen molar-refractivity contribution < 1.29 is 29.4 Å². The fourth-order valence-corrected chi connectivity index (χ4v) is 3.20. The van der Waals surface area contributed by atoms with Gasteiger partial charge in [0.15, 0.2) is 11.9 Å². The van der Waals surface area contributed by atoms with E-state index in [2.05, 4.69) is 25.9 Å². The van der Waals surface area contributed by atoms with Gasteiger partial charge in [0, 0.05) is 13.1 Å². The summed E-state index contributed by atoms with van der Waals surface area (Å²) >= 11 is 0. The van der Waals surface area contributed by atoms with Gasteiger partial charge >= 0.3 is 5.97 Å². The number of unbranched alkanes of at least 4 members (excludes halogenated alkanes) is 1. The molecular formula is C21H43N11O6. The maximum Gasteiger partial charge on any atom is 0.326 e. The van der Waals surface area contributed by atoms with Gasteiger partial charge in [0.05, 0.1) is 6.61 Å². The van der Waals surface area contributed by atoms with Crippen molar-refractivity contribution >= 4 is 35.6 Å². The number of guanidine groups is 2. The number of hydrogen-bond acceptors (Lipinski definition) is 9. The number of rotatable bonds is 20. The van der Waals surface area contributed by atoms with Crippen molar-refractivity contribution in [2.24, 2.45) is 44.4 Å². The van der Waals surface area contributed by atoms with Crippen LogP contribution in [0.2, 0.25) is 0 Å². The van der Waals surface area contributed by atoms with Crippen LogP contribution in [0, 0.1) is 0 Å². The molecule has 0 radical (unpaired) electrons. The monoisotopic (exact) mass is 545 g/mol. The van der Waals surface area contributed by atoms with E-state index in [4.69, 9.17) is 39.5 Å². The Kier molecular flexibility index (Phi) is 17.5. The summed E-state index contributed by atoms with van der Waals surface area (Å²) in [6.45, 7) is 0.0507. The van der Waals surface area contributed by atoms with E-state index in [1.807, 2.05) is 0 Å². The van der Waals surface area contributed by atoms with Crippen LogP contribution in [0.1, 0.15) is 44.9 Å². The van der Waals surface area contributed by atoms with Crippen LogP contribution in [-0.4, -0.2) is 96.2 Å². The molecule has 4 atom stereocenters. The van der Waals surface area contributed by atoms with E-state index in [9.17, 15) is 24.3 Å². The third-order valence-corrected chi connectivity index (χ3v) is 5.25. The number of aliphatic hydroxyl groups excluding tert-OH is 1. The molecular weight excluding hydrogens is 502 g/mol. The molecule has 38 heavy (non-hydrogen) atoms. The minimum Gasteiger partial charge on any atom is -0.480 e. The third kappa shape index (κ3) is 15.4. The lowest BCUT2D eigenvalue weighted by Crippen LogP contribution is -2.57. The molecule has 0 aromatic carbocycles. The van der Waals surface area contributed by atoms with Gasteiger partial charge in [0.25, 0.3) is 0 Å². The van der Waals surface area contributed by atoms with Gasteiger partial charge in [-0.25, -0.2) is 4.79 Å². The van der Waals surface area contributed by atoms with E-state index in [1.54, 1.807) is 0 Å². The summed E-state index contributed by atoms with van der Waals surface area (Å²) in [6, 6.07) is -4.78. The maximum atomic E-state index is 13.1. The molecule has 17 heteroatoms. The molecule has 17 nitrogen and oxygen atoms in total. The second-order valence-electron chi connectivity index (χ2n) is 8.49. The summed E-state index contributed by atoms with van der Waals surface area (Å²) in [5, 5.41) is 26.1. The number of nitrogens with two attached hydrogens (primary N) is 6. The SMILES string of the molecule is NCCCCC(NC(=O)C(CCCN=C(N)N)NC(=O)C(CCCN=C(N)N)NC(=O)C(N)CO)C(=O)O. The smallest absolute Gasteiger partial charge is 0.326 e. The van der Waals surface area contributed by atoms with E-state index in [1.165, 1.54) is 0 Å². The number of aliphatic hydroxyl groups is 1. The predicted molar refractivity (Wildman–Crippen MR) is 141 cm³/mol. The summed E-state index contributed by atoms with van der Waals surface area (Å²) in [5.41, 5.74) is 32.2. The number of carbonyl (C=O) groups excluding carboxylic acids is 3. The predicted octanol–water partition coefficient (Wildman–Crippen LogP) is -4.92. The van der Waals surface area contributed by atoms with Crippen molar-refractivity contribution in [1.82, 2.24) is 16.0 Å². The normalized spacial score (nSPS) is 13.8. The minimum absolute atomic E-state index is 0.0638. The largest absolute Gasteiger partial charge is 0.480 e. The van der Waals surface area contributed by atoms with E-state index in [0.29, 0.717) is 19.4 Å². The average molecular weight is 546 g/mol. The lowest BCUT2D eigenvalue weighted by Gasteiger charge is -2.25. The van der Waals surface area contributed by atoms with Crippen LogP contribution in [0.15, 0.2) is 9.98 Å². The van der Waals surface area contributed by atoms with Gasteiger partial charge in [-0.15, -0.1) is 0 Å². The van der Waals surface area contributed by atoms with Gasteiger partial charge < -0.3 is 60.6 Å². The Morgan fingerprint density at radius 3 is 1.50 bits per heavy atom. The topological polar surface area (TPSA) is 326 Å². The van der Waals surface area contributed by atoms with E-state index in [-0.39, 0.29) is 57.1 Å². The zero-order chi connectivity index (χ0) is 29.1. The second-order valence-corrected chi connectivity index (χ2v) is 8.49. The standard InChI is InChI=1S/C21H43N11O6/c22-8-2-1-5-15(19(37)38)32-18(36)14(7-4-10-29-21(26)27)31-17(35)13(6-3-9-28-20(24)25)30-16(34)12(23)11-33/h12-15,33H,1-11,22-23H2,(H,30,34)(H,31,35)(H,32,36)(H,37,38)(H4,24,25,28)(H4,26,27,29). The quantitative estimate of drug-likeness (QED) is 0.0389. The van der Waals surface area contributed by atoms with E-state index in [0.717, 1.165) is 0 Å². The Labute approximate surface area is 221 Å². The summed E-state index contributed by atoms with van der Waals surface area (Å²) in [5.74, 6) is -3.78. The first kappa shape index (κ1) is 34.3. The second kappa shape index (κ2) is 19.4. The van der Waals surface area contributed by atoms with Crippen LogP contribution in [0.25, 0.3) is 0 Å². The van der Waals surface area contributed by atoms with Crippen LogP contribution >= 0.6 is 0 Å². The molecule has 0 rings (SSSR count). The highest BCUT2D eigenvalue weighted by Crippen LogP contribution is 2.06. The fourth-order valence-electron chi connectivity index (χ4n) is 3.20. The molecule has 0 aliphatic carbocycles. The molecule has 0 bridgehead atoms. The first-order chi connectivity index (χ1) is 17.9. The van der Waals surface area contributed by atoms with Gasteiger partial charge in [-0.1, -0.05) is 0 Å². The van der Waals surface area contributed by atoms with Crippen molar-refractivity contribution in [2.75, 3.05) is 26.2 Å². The number of hydrogen-bond donors (Lipinski definition) is 11. The Morgan fingerprint density at radius 1 is 0.684 bits per heavy atom. The Balaban J connectivity index is 5.65. The van der Waals surface area contributed by atoms with Crippen LogP contribution in [-0.2, 0) is 19.2 Å². The van der Waals surface area contributed by atoms with Crippen LogP contribution in [0.4, 0.5) is 0 Å².